The third-order valence-corrected chi connectivity index (χ3v) is 8.59. The normalized spacial score (nSPS) is 14.3. The van der Waals surface area contributed by atoms with Gasteiger partial charge in [-0.2, -0.15) is 19.9 Å². The van der Waals surface area contributed by atoms with Crippen LogP contribution in [0.3, 0.4) is 0 Å². The zero-order chi connectivity index (χ0) is 33.2. The molecule has 0 saturated carbocycles. The van der Waals surface area contributed by atoms with Crippen LogP contribution < -0.4 is 5.01 Å². The molecular weight excluding hydrogens is 721 g/mol. The van der Waals surface area contributed by atoms with Crippen LogP contribution in [0.1, 0.15) is 11.1 Å². The molecule has 0 bridgehead atoms. The Hall–Kier alpha value is -4.01. The molecule has 47 heavy (non-hydrogen) atoms. The Kier molecular flexibility index (Phi) is 9.80. The minimum atomic E-state index is -0.425. The van der Waals surface area contributed by atoms with E-state index in [1.54, 1.807) is 30.4 Å². The van der Waals surface area contributed by atoms with E-state index < -0.39 is 5.91 Å². The first-order valence-electron chi connectivity index (χ1n) is 13.8. The zero-order valence-electron chi connectivity index (χ0n) is 23.9. The van der Waals surface area contributed by atoms with Crippen molar-refractivity contribution >= 4 is 93.0 Å². The van der Waals surface area contributed by atoms with E-state index in [0.717, 1.165) is 11.1 Å². The van der Waals surface area contributed by atoms with E-state index in [-0.39, 0.29) is 37.3 Å². The summed E-state index contributed by atoms with van der Waals surface area (Å²) in [6, 6.07) is 24.7. The maximum absolute atomic E-state index is 13.7. The number of benzene rings is 4. The lowest BCUT2D eigenvalue weighted by Crippen LogP contribution is -2.22. The molecule has 234 valence electrons. The van der Waals surface area contributed by atoms with E-state index in [4.69, 9.17) is 69.6 Å². The molecule has 0 atom stereocenters. The van der Waals surface area contributed by atoms with Crippen LogP contribution in [0.15, 0.2) is 120 Å². The Balaban J connectivity index is 1.37. The molecule has 4 aromatic carbocycles. The highest BCUT2D eigenvalue weighted by atomic mass is 35.5. The summed E-state index contributed by atoms with van der Waals surface area (Å²) >= 11 is 38.0. The van der Waals surface area contributed by atoms with Gasteiger partial charge in [-0.3, -0.25) is 4.79 Å². The zero-order valence-corrected chi connectivity index (χ0v) is 28.4. The Bertz CT molecular complexity index is 2090. The number of nitrogens with zero attached hydrogens (tertiary/aromatic N) is 4. The van der Waals surface area contributed by atoms with Gasteiger partial charge < -0.3 is 5.11 Å². The van der Waals surface area contributed by atoms with Gasteiger partial charge in [0.1, 0.15) is 22.8 Å². The lowest BCUT2D eigenvalue weighted by atomic mass is 10.0. The largest absolute Gasteiger partial charge is 0.493 e. The predicted molar refractivity (Wildman–Crippen MR) is 194 cm³/mol. The second kappa shape index (κ2) is 14.0. The maximum atomic E-state index is 13.7. The molecule has 1 aliphatic heterocycles. The fourth-order valence-corrected chi connectivity index (χ4v) is 6.86. The fourth-order valence-electron chi connectivity index (χ4n) is 4.91. The van der Waals surface area contributed by atoms with Crippen molar-refractivity contribution in [3.05, 3.63) is 156 Å². The van der Waals surface area contributed by atoms with Crippen molar-refractivity contribution in [3.63, 3.8) is 0 Å². The second-order valence-electron chi connectivity index (χ2n) is 10.1. The lowest BCUT2D eigenvalue weighted by Gasteiger charge is -2.15. The second-order valence-corrected chi connectivity index (χ2v) is 12.6. The van der Waals surface area contributed by atoms with Crippen molar-refractivity contribution in [2.45, 2.75) is 0 Å². The van der Waals surface area contributed by atoms with Crippen molar-refractivity contribution in [2.24, 2.45) is 5.10 Å². The molecular formula is C35H20Cl6N4O2. The average Bonchev–Trinajstić information content (AvgIpc) is 3.53. The molecule has 0 spiro atoms. The van der Waals surface area contributed by atoms with Gasteiger partial charge in [0, 0.05) is 21.2 Å². The van der Waals surface area contributed by atoms with E-state index >= 15 is 0 Å². The number of rotatable bonds is 7. The van der Waals surface area contributed by atoms with E-state index in [0.29, 0.717) is 32.6 Å². The predicted octanol–water partition coefficient (Wildman–Crippen LogP) is 11.1. The maximum Gasteiger partial charge on any atom is 0.281 e. The molecule has 5 aromatic rings. The first kappa shape index (κ1) is 32.9. The molecule has 0 saturated heterocycles. The molecule has 0 unspecified atom stereocenters. The first-order valence-corrected chi connectivity index (χ1v) is 16.1. The van der Waals surface area contributed by atoms with E-state index in [1.807, 2.05) is 60.7 Å². The van der Waals surface area contributed by atoms with Crippen molar-refractivity contribution in [3.8, 4) is 22.8 Å². The van der Waals surface area contributed by atoms with Gasteiger partial charge in [0.15, 0.2) is 0 Å². The summed E-state index contributed by atoms with van der Waals surface area (Å²) in [4.78, 5) is 13.7. The minimum absolute atomic E-state index is 0.183. The number of anilines is 1. The van der Waals surface area contributed by atoms with Crippen LogP contribution in [0.25, 0.3) is 23.0 Å². The molecule has 0 aliphatic carbocycles. The van der Waals surface area contributed by atoms with Gasteiger partial charge in [0.25, 0.3) is 5.91 Å². The van der Waals surface area contributed by atoms with Gasteiger partial charge in [0.05, 0.1) is 31.2 Å². The summed E-state index contributed by atoms with van der Waals surface area (Å²) in [6.07, 6.45) is 8.44. The summed E-state index contributed by atoms with van der Waals surface area (Å²) in [6.45, 7) is 0. The van der Waals surface area contributed by atoms with Gasteiger partial charge in [-0.15, -0.1) is 0 Å². The Morgan fingerprint density at radius 3 is 1.77 bits per heavy atom. The summed E-state index contributed by atoms with van der Waals surface area (Å²) in [7, 11) is 0. The number of aromatic nitrogens is 2. The number of hydrazone groups is 1. The number of aromatic hydroxyl groups is 1. The number of hydrogen-bond acceptors (Lipinski definition) is 4. The van der Waals surface area contributed by atoms with E-state index in [1.165, 1.54) is 34.0 Å². The number of amides is 1. The van der Waals surface area contributed by atoms with Crippen LogP contribution in [-0.4, -0.2) is 26.5 Å². The molecule has 2 heterocycles. The molecule has 0 fully saturated rings. The summed E-state index contributed by atoms with van der Waals surface area (Å²) in [5, 5.41) is 23.2. The monoisotopic (exact) mass is 738 g/mol. The standard InChI is InChI=1S/C35H20Cl6N4O2/c36-22-16-26(38)32(27(39)17-22)44-34(46)24(30(42-44)20-10-4-1-5-11-20)14-8-3-9-15-25-31(21-12-6-2-7-13-21)43-45(35(25)47)33-28(40)18-23(37)19-29(33)41/h1-19,46H/b9-3?,14-8?,25-15-. The van der Waals surface area contributed by atoms with Gasteiger partial charge in [-0.05, 0) is 36.4 Å². The number of carbonyl (C=O) groups excluding carboxylic acids is 1. The van der Waals surface area contributed by atoms with Crippen LogP contribution in [0.2, 0.25) is 30.1 Å². The molecule has 6 nitrogen and oxygen atoms in total. The molecule has 1 aromatic heterocycles. The van der Waals surface area contributed by atoms with Crippen molar-refractivity contribution in [2.75, 3.05) is 5.01 Å². The SMILES string of the molecule is O=C1/C(=C\C=CC=Cc2c(-c3ccccc3)nn(-c3c(Cl)cc(Cl)cc3Cl)c2O)C(c2ccccc2)=NN1c1c(Cl)cc(Cl)cc1Cl. The highest BCUT2D eigenvalue weighted by Gasteiger charge is 2.34. The fraction of sp³-hybridized carbons (Fsp3) is 0. The quantitative estimate of drug-likeness (QED) is 0.133. The van der Waals surface area contributed by atoms with Gasteiger partial charge in [0.2, 0.25) is 5.88 Å². The summed E-state index contributed by atoms with van der Waals surface area (Å²) in [5.74, 6) is -0.611. The minimum Gasteiger partial charge on any atom is -0.493 e. The highest BCUT2D eigenvalue weighted by Crippen LogP contribution is 2.41. The third kappa shape index (κ3) is 6.72. The first-order chi connectivity index (χ1) is 22.6. The summed E-state index contributed by atoms with van der Waals surface area (Å²) < 4.78 is 1.27. The van der Waals surface area contributed by atoms with Crippen LogP contribution in [0, 0.1) is 0 Å². The Labute approximate surface area is 300 Å². The van der Waals surface area contributed by atoms with E-state index in [2.05, 4.69) is 10.2 Å². The van der Waals surface area contributed by atoms with E-state index in [9.17, 15) is 9.90 Å². The van der Waals surface area contributed by atoms with Crippen LogP contribution in [0.5, 0.6) is 5.88 Å². The number of allylic oxidation sites excluding steroid dienone is 4. The molecule has 6 rings (SSSR count). The smallest absolute Gasteiger partial charge is 0.281 e. The molecule has 1 aliphatic rings. The average molecular weight is 741 g/mol. The Morgan fingerprint density at radius 2 is 1.19 bits per heavy atom. The third-order valence-electron chi connectivity index (χ3n) is 7.00. The van der Waals surface area contributed by atoms with Gasteiger partial charge >= 0.3 is 0 Å². The van der Waals surface area contributed by atoms with Crippen LogP contribution >= 0.6 is 69.6 Å². The molecule has 1 N–H and O–H groups in total. The number of carbonyl (C=O) groups is 1. The van der Waals surface area contributed by atoms with Gasteiger partial charge in [-0.25, -0.2) is 0 Å². The highest BCUT2D eigenvalue weighted by molar-refractivity contribution is 6.44. The van der Waals surface area contributed by atoms with Crippen molar-refractivity contribution in [1.82, 2.24) is 9.78 Å². The van der Waals surface area contributed by atoms with Crippen molar-refractivity contribution < 1.29 is 9.90 Å². The molecule has 0 radical (unpaired) electrons. The topological polar surface area (TPSA) is 70.7 Å². The number of halogens is 6. The molecule has 12 heteroatoms. The summed E-state index contributed by atoms with van der Waals surface area (Å²) in [5.41, 5.74) is 3.65. The Morgan fingerprint density at radius 1 is 0.660 bits per heavy atom. The number of hydrogen-bond donors (Lipinski definition) is 1. The van der Waals surface area contributed by atoms with Crippen molar-refractivity contribution in [1.29, 1.82) is 0 Å². The lowest BCUT2D eigenvalue weighted by molar-refractivity contribution is -0.114. The molecule has 1 amide bonds. The van der Waals surface area contributed by atoms with Gasteiger partial charge in [-0.1, -0.05) is 148 Å². The van der Waals surface area contributed by atoms with Crippen LogP contribution in [-0.2, 0) is 4.79 Å². The van der Waals surface area contributed by atoms with Crippen LogP contribution in [0.4, 0.5) is 5.69 Å².